The SMILES string of the molecule is CC(C)(C)Nc1c(C(=O)O)cc([N+](=O)[O-])cc1[N+](=O)[O-]. The third-order valence-corrected chi connectivity index (χ3v) is 2.24. The van der Waals surface area contributed by atoms with Gasteiger partial charge in [0.2, 0.25) is 0 Å². The maximum absolute atomic E-state index is 11.2. The quantitative estimate of drug-likeness (QED) is 0.639. The standard InChI is InChI=1S/C11H13N3O6/c1-11(2,3)12-9-7(10(15)16)4-6(13(17)18)5-8(9)14(19)20/h4-5,12H,1-3H3,(H,15,16). The summed E-state index contributed by atoms with van der Waals surface area (Å²) >= 11 is 0. The molecular formula is C11H13N3O6. The molecule has 0 aliphatic rings. The highest BCUT2D eigenvalue weighted by Gasteiger charge is 2.29. The van der Waals surface area contributed by atoms with Crippen LogP contribution in [0.3, 0.4) is 0 Å². The van der Waals surface area contributed by atoms with Gasteiger partial charge in [-0.3, -0.25) is 20.2 Å². The summed E-state index contributed by atoms with van der Waals surface area (Å²) in [4.78, 5) is 31.2. The molecule has 0 atom stereocenters. The zero-order chi connectivity index (χ0) is 15.7. The molecule has 0 saturated heterocycles. The first-order valence-electron chi connectivity index (χ1n) is 5.51. The maximum atomic E-state index is 11.2. The second-order valence-corrected chi connectivity index (χ2v) is 5.08. The molecule has 2 N–H and O–H groups in total. The van der Waals surface area contributed by atoms with Gasteiger partial charge >= 0.3 is 5.97 Å². The lowest BCUT2D eigenvalue weighted by molar-refractivity contribution is -0.393. The minimum atomic E-state index is -1.48. The number of benzene rings is 1. The molecule has 0 aliphatic carbocycles. The molecule has 0 aromatic heterocycles. The molecule has 1 aromatic carbocycles. The fourth-order valence-electron chi connectivity index (χ4n) is 1.54. The van der Waals surface area contributed by atoms with Crippen molar-refractivity contribution < 1.29 is 19.7 Å². The summed E-state index contributed by atoms with van der Waals surface area (Å²) in [6.07, 6.45) is 0. The van der Waals surface area contributed by atoms with Crippen LogP contribution in [0.4, 0.5) is 17.1 Å². The van der Waals surface area contributed by atoms with E-state index < -0.39 is 38.3 Å². The Labute approximate surface area is 113 Å². The maximum Gasteiger partial charge on any atom is 0.338 e. The van der Waals surface area contributed by atoms with E-state index in [1.807, 2.05) is 0 Å². The number of anilines is 1. The van der Waals surface area contributed by atoms with Crippen LogP contribution in [0.2, 0.25) is 0 Å². The van der Waals surface area contributed by atoms with E-state index in [1.165, 1.54) is 0 Å². The van der Waals surface area contributed by atoms with Crippen LogP contribution in [0.25, 0.3) is 0 Å². The third-order valence-electron chi connectivity index (χ3n) is 2.24. The Morgan fingerprint density at radius 3 is 2.10 bits per heavy atom. The number of rotatable bonds is 4. The fraction of sp³-hybridized carbons (Fsp3) is 0.364. The molecule has 0 aliphatic heterocycles. The average molecular weight is 283 g/mol. The number of carbonyl (C=O) groups is 1. The second-order valence-electron chi connectivity index (χ2n) is 5.08. The van der Waals surface area contributed by atoms with Crippen molar-refractivity contribution in [1.82, 2.24) is 0 Å². The molecule has 1 rings (SSSR count). The first-order valence-corrected chi connectivity index (χ1v) is 5.51. The van der Waals surface area contributed by atoms with Gasteiger partial charge in [-0.1, -0.05) is 0 Å². The van der Waals surface area contributed by atoms with Crippen molar-refractivity contribution in [1.29, 1.82) is 0 Å². The van der Waals surface area contributed by atoms with Crippen LogP contribution in [0.15, 0.2) is 12.1 Å². The van der Waals surface area contributed by atoms with E-state index in [-0.39, 0.29) is 5.69 Å². The number of aromatic carboxylic acids is 1. The van der Waals surface area contributed by atoms with Gasteiger partial charge in [0.15, 0.2) is 0 Å². The highest BCUT2D eigenvalue weighted by Crippen LogP contribution is 2.35. The Bertz CT molecular complexity index is 555. The van der Waals surface area contributed by atoms with Gasteiger partial charge < -0.3 is 10.4 Å². The molecule has 0 saturated carbocycles. The smallest absolute Gasteiger partial charge is 0.338 e. The van der Waals surface area contributed by atoms with Gasteiger partial charge in [-0.15, -0.1) is 0 Å². The Kier molecular flexibility index (Phi) is 3.92. The van der Waals surface area contributed by atoms with E-state index in [0.717, 1.165) is 12.1 Å². The van der Waals surface area contributed by atoms with E-state index >= 15 is 0 Å². The monoisotopic (exact) mass is 283 g/mol. The number of non-ortho nitro benzene ring substituents is 1. The summed E-state index contributed by atoms with van der Waals surface area (Å²) < 4.78 is 0. The normalized spacial score (nSPS) is 10.9. The van der Waals surface area contributed by atoms with Gasteiger partial charge in [0.25, 0.3) is 11.4 Å². The van der Waals surface area contributed by atoms with Crippen LogP contribution in [-0.4, -0.2) is 26.5 Å². The first-order chi connectivity index (χ1) is 9.03. The Hall–Kier alpha value is -2.71. The zero-order valence-electron chi connectivity index (χ0n) is 11.0. The summed E-state index contributed by atoms with van der Waals surface area (Å²) in [6, 6.07) is 1.53. The van der Waals surface area contributed by atoms with E-state index in [1.54, 1.807) is 20.8 Å². The number of nitro groups is 2. The lowest BCUT2D eigenvalue weighted by atomic mass is 10.0. The minimum Gasteiger partial charge on any atom is -0.478 e. The largest absolute Gasteiger partial charge is 0.478 e. The molecule has 0 unspecified atom stereocenters. The third kappa shape index (κ3) is 3.40. The van der Waals surface area contributed by atoms with Gasteiger partial charge in [-0.25, -0.2) is 4.79 Å². The summed E-state index contributed by atoms with van der Waals surface area (Å²) in [7, 11) is 0. The van der Waals surface area contributed by atoms with Crippen molar-refractivity contribution in [2.75, 3.05) is 5.32 Å². The van der Waals surface area contributed by atoms with Crippen LogP contribution < -0.4 is 5.32 Å². The summed E-state index contributed by atoms with van der Waals surface area (Å²) in [6.45, 7) is 5.05. The highest BCUT2D eigenvalue weighted by atomic mass is 16.6. The summed E-state index contributed by atoms with van der Waals surface area (Å²) in [5, 5.41) is 33.5. The van der Waals surface area contributed by atoms with Crippen LogP contribution in [0.5, 0.6) is 0 Å². The first kappa shape index (κ1) is 15.3. The van der Waals surface area contributed by atoms with E-state index in [2.05, 4.69) is 5.32 Å². The lowest BCUT2D eigenvalue weighted by Gasteiger charge is -2.23. The van der Waals surface area contributed by atoms with Crippen LogP contribution in [0.1, 0.15) is 31.1 Å². The number of nitro benzene ring substituents is 2. The van der Waals surface area contributed by atoms with Crippen molar-refractivity contribution in [2.45, 2.75) is 26.3 Å². The Morgan fingerprint density at radius 1 is 1.20 bits per heavy atom. The number of nitrogens with one attached hydrogen (secondary N) is 1. The summed E-state index contributed by atoms with van der Waals surface area (Å²) in [5.41, 5.74) is -2.70. The van der Waals surface area contributed by atoms with Gasteiger partial charge in [0, 0.05) is 11.6 Å². The van der Waals surface area contributed by atoms with Crippen LogP contribution >= 0.6 is 0 Å². The predicted octanol–water partition coefficient (Wildman–Crippen LogP) is 2.41. The molecule has 0 heterocycles. The fourth-order valence-corrected chi connectivity index (χ4v) is 1.54. The van der Waals surface area contributed by atoms with Crippen molar-refractivity contribution in [3.8, 4) is 0 Å². The van der Waals surface area contributed by atoms with Crippen molar-refractivity contribution in [3.63, 3.8) is 0 Å². The number of hydrogen-bond donors (Lipinski definition) is 2. The number of carboxylic acid groups (broad SMARTS) is 1. The van der Waals surface area contributed by atoms with Gasteiger partial charge in [-0.2, -0.15) is 0 Å². The minimum absolute atomic E-state index is 0.249. The van der Waals surface area contributed by atoms with Crippen LogP contribution in [-0.2, 0) is 0 Å². The average Bonchev–Trinajstić information content (AvgIpc) is 2.25. The molecule has 0 spiro atoms. The van der Waals surface area contributed by atoms with E-state index in [0.29, 0.717) is 0 Å². The number of nitrogens with zero attached hydrogens (tertiary/aromatic N) is 2. The number of hydrogen-bond acceptors (Lipinski definition) is 6. The lowest BCUT2D eigenvalue weighted by Crippen LogP contribution is -2.28. The van der Waals surface area contributed by atoms with Crippen molar-refractivity contribution in [3.05, 3.63) is 37.9 Å². The topological polar surface area (TPSA) is 136 Å². The van der Waals surface area contributed by atoms with Crippen molar-refractivity contribution in [2.24, 2.45) is 0 Å². The molecular weight excluding hydrogens is 270 g/mol. The molecule has 1 aromatic rings. The summed E-state index contributed by atoms with van der Waals surface area (Å²) in [5.74, 6) is -1.48. The molecule has 20 heavy (non-hydrogen) atoms. The molecule has 9 nitrogen and oxygen atoms in total. The molecule has 9 heteroatoms. The van der Waals surface area contributed by atoms with Gasteiger partial charge in [0.05, 0.1) is 21.5 Å². The van der Waals surface area contributed by atoms with Gasteiger partial charge in [0.1, 0.15) is 5.69 Å². The Balaban J connectivity index is 3.64. The highest BCUT2D eigenvalue weighted by molar-refractivity contribution is 5.98. The van der Waals surface area contributed by atoms with Crippen LogP contribution in [0, 0.1) is 20.2 Å². The molecule has 0 fully saturated rings. The second kappa shape index (κ2) is 5.11. The van der Waals surface area contributed by atoms with Crippen molar-refractivity contribution >= 4 is 23.0 Å². The zero-order valence-corrected chi connectivity index (χ0v) is 11.0. The predicted molar refractivity (Wildman–Crippen MR) is 70.1 cm³/mol. The number of carboxylic acids is 1. The van der Waals surface area contributed by atoms with Gasteiger partial charge in [-0.05, 0) is 20.8 Å². The van der Waals surface area contributed by atoms with E-state index in [4.69, 9.17) is 5.11 Å². The van der Waals surface area contributed by atoms with E-state index in [9.17, 15) is 25.0 Å². The molecule has 108 valence electrons. The molecule has 0 bridgehead atoms. The molecule has 0 amide bonds. The Morgan fingerprint density at radius 2 is 1.75 bits per heavy atom. The molecule has 0 radical (unpaired) electrons.